The van der Waals surface area contributed by atoms with Crippen molar-refractivity contribution in [3.05, 3.63) is 0 Å². The molecule has 2 N–H and O–H groups in total. The Labute approximate surface area is 98.1 Å². The summed E-state index contributed by atoms with van der Waals surface area (Å²) < 4.78 is 5.51. The van der Waals surface area contributed by atoms with Crippen molar-refractivity contribution in [3.63, 3.8) is 0 Å². The maximum atomic E-state index is 12.3. The fourth-order valence-electron chi connectivity index (χ4n) is 2.14. The first kappa shape index (κ1) is 13.5. The van der Waals surface area contributed by atoms with E-state index in [2.05, 4.69) is 0 Å². The van der Waals surface area contributed by atoms with E-state index < -0.39 is 5.54 Å². The number of rotatable bonds is 3. The van der Waals surface area contributed by atoms with Gasteiger partial charge >= 0.3 is 0 Å². The third-order valence-electron chi connectivity index (χ3n) is 3.13. The number of nitrogens with zero attached hydrogens (tertiary/aromatic N) is 1. The maximum Gasteiger partial charge on any atom is 0.242 e. The predicted molar refractivity (Wildman–Crippen MR) is 64.1 cm³/mol. The van der Waals surface area contributed by atoms with Gasteiger partial charge in [-0.25, -0.2) is 0 Å². The molecular weight excluding hydrogens is 204 g/mol. The Kier molecular flexibility index (Phi) is 4.33. The van der Waals surface area contributed by atoms with Crippen molar-refractivity contribution >= 4 is 5.91 Å². The first-order chi connectivity index (χ1) is 7.38. The Morgan fingerprint density at radius 2 is 2.19 bits per heavy atom. The second kappa shape index (κ2) is 5.15. The highest BCUT2D eigenvalue weighted by Crippen LogP contribution is 2.18. The molecule has 4 nitrogen and oxygen atoms in total. The number of hydrogen-bond acceptors (Lipinski definition) is 3. The lowest BCUT2D eigenvalue weighted by Crippen LogP contribution is -2.59. The van der Waals surface area contributed by atoms with Crippen LogP contribution in [0.25, 0.3) is 0 Å². The second-order valence-corrected chi connectivity index (χ2v) is 5.12. The minimum atomic E-state index is -0.736. The molecule has 0 saturated carbocycles. The SMILES string of the molecule is CCCC(C)(N)C(=O)N1CC(C)OCC1C. The molecule has 3 unspecified atom stereocenters. The molecule has 1 fully saturated rings. The zero-order valence-corrected chi connectivity index (χ0v) is 10.8. The summed E-state index contributed by atoms with van der Waals surface area (Å²) >= 11 is 0. The van der Waals surface area contributed by atoms with Gasteiger partial charge in [-0.05, 0) is 27.2 Å². The van der Waals surface area contributed by atoms with E-state index in [0.717, 1.165) is 12.8 Å². The topological polar surface area (TPSA) is 55.6 Å². The molecular formula is C12H24N2O2. The maximum absolute atomic E-state index is 12.3. The zero-order valence-electron chi connectivity index (χ0n) is 10.8. The third kappa shape index (κ3) is 2.95. The Bertz CT molecular complexity index is 253. The van der Waals surface area contributed by atoms with E-state index in [0.29, 0.717) is 13.2 Å². The van der Waals surface area contributed by atoms with E-state index in [1.165, 1.54) is 0 Å². The van der Waals surface area contributed by atoms with E-state index in [1.54, 1.807) is 0 Å². The van der Waals surface area contributed by atoms with Crippen molar-refractivity contribution in [2.24, 2.45) is 5.73 Å². The number of morpholine rings is 1. The van der Waals surface area contributed by atoms with Crippen LogP contribution in [0.5, 0.6) is 0 Å². The van der Waals surface area contributed by atoms with E-state index in [1.807, 2.05) is 32.6 Å². The highest BCUT2D eigenvalue weighted by atomic mass is 16.5. The number of amides is 1. The summed E-state index contributed by atoms with van der Waals surface area (Å²) in [5.74, 6) is 0.0528. The highest BCUT2D eigenvalue weighted by Gasteiger charge is 2.36. The van der Waals surface area contributed by atoms with Crippen LogP contribution in [0.1, 0.15) is 40.5 Å². The van der Waals surface area contributed by atoms with Crippen LogP contribution in [0.15, 0.2) is 0 Å². The summed E-state index contributed by atoms with van der Waals surface area (Å²) in [6, 6.07) is 0.128. The largest absolute Gasteiger partial charge is 0.375 e. The number of carbonyl (C=O) groups excluding carboxylic acids is 1. The van der Waals surface area contributed by atoms with Crippen molar-refractivity contribution in [2.45, 2.75) is 58.2 Å². The van der Waals surface area contributed by atoms with Gasteiger partial charge in [0.05, 0.1) is 24.3 Å². The molecule has 0 aromatic carbocycles. The van der Waals surface area contributed by atoms with Gasteiger partial charge in [0.1, 0.15) is 0 Å². The quantitative estimate of drug-likeness (QED) is 0.788. The Morgan fingerprint density at radius 3 is 2.75 bits per heavy atom. The Balaban J connectivity index is 2.71. The van der Waals surface area contributed by atoms with Gasteiger partial charge in [0.25, 0.3) is 0 Å². The lowest BCUT2D eigenvalue weighted by Gasteiger charge is -2.40. The molecule has 1 aliphatic heterocycles. The van der Waals surface area contributed by atoms with Crippen molar-refractivity contribution < 1.29 is 9.53 Å². The van der Waals surface area contributed by atoms with Crippen molar-refractivity contribution in [1.29, 1.82) is 0 Å². The standard InChI is InChI=1S/C12H24N2O2/c1-5-6-12(4,13)11(15)14-7-10(3)16-8-9(14)2/h9-10H,5-8,13H2,1-4H3. The Morgan fingerprint density at radius 1 is 1.56 bits per heavy atom. The summed E-state index contributed by atoms with van der Waals surface area (Å²) in [6.07, 6.45) is 1.76. The average Bonchev–Trinajstić information content (AvgIpc) is 2.20. The lowest BCUT2D eigenvalue weighted by atomic mass is 9.94. The molecule has 94 valence electrons. The van der Waals surface area contributed by atoms with Crippen LogP contribution in [0, 0.1) is 0 Å². The summed E-state index contributed by atoms with van der Waals surface area (Å²) in [5, 5.41) is 0. The number of nitrogens with two attached hydrogens (primary N) is 1. The summed E-state index contributed by atoms with van der Waals surface area (Å²) in [5.41, 5.74) is 5.34. The molecule has 0 spiro atoms. The van der Waals surface area contributed by atoms with Crippen molar-refractivity contribution in [2.75, 3.05) is 13.2 Å². The number of carbonyl (C=O) groups is 1. The van der Waals surface area contributed by atoms with E-state index in [9.17, 15) is 4.79 Å². The molecule has 0 aromatic heterocycles. The van der Waals surface area contributed by atoms with Crippen LogP contribution < -0.4 is 5.73 Å². The van der Waals surface area contributed by atoms with Gasteiger partial charge in [-0.1, -0.05) is 13.3 Å². The number of hydrogen-bond donors (Lipinski definition) is 1. The van der Waals surface area contributed by atoms with Crippen LogP contribution in [0.4, 0.5) is 0 Å². The molecule has 1 heterocycles. The van der Waals surface area contributed by atoms with Crippen molar-refractivity contribution in [1.82, 2.24) is 4.90 Å². The molecule has 0 aliphatic carbocycles. The molecule has 0 radical (unpaired) electrons. The Hall–Kier alpha value is -0.610. The second-order valence-electron chi connectivity index (χ2n) is 5.12. The molecule has 3 atom stereocenters. The molecule has 0 aromatic rings. The lowest BCUT2D eigenvalue weighted by molar-refractivity contribution is -0.148. The summed E-state index contributed by atoms with van der Waals surface area (Å²) in [7, 11) is 0. The molecule has 1 aliphatic rings. The zero-order chi connectivity index (χ0) is 12.3. The average molecular weight is 228 g/mol. The van der Waals surface area contributed by atoms with Gasteiger partial charge in [0.2, 0.25) is 5.91 Å². The fourth-order valence-corrected chi connectivity index (χ4v) is 2.14. The van der Waals surface area contributed by atoms with E-state index >= 15 is 0 Å². The van der Waals surface area contributed by atoms with Gasteiger partial charge in [-0.3, -0.25) is 4.79 Å². The fraction of sp³-hybridized carbons (Fsp3) is 0.917. The first-order valence-corrected chi connectivity index (χ1v) is 6.10. The van der Waals surface area contributed by atoms with Crippen LogP contribution >= 0.6 is 0 Å². The van der Waals surface area contributed by atoms with Gasteiger partial charge in [0.15, 0.2) is 0 Å². The van der Waals surface area contributed by atoms with Crippen LogP contribution in [-0.4, -0.2) is 41.6 Å². The summed E-state index contributed by atoms with van der Waals surface area (Å²) in [6.45, 7) is 9.12. The van der Waals surface area contributed by atoms with Crippen LogP contribution in [-0.2, 0) is 9.53 Å². The molecule has 0 bridgehead atoms. The molecule has 1 amide bonds. The van der Waals surface area contributed by atoms with Crippen molar-refractivity contribution in [3.8, 4) is 0 Å². The molecule has 16 heavy (non-hydrogen) atoms. The van der Waals surface area contributed by atoms with Crippen LogP contribution in [0.2, 0.25) is 0 Å². The minimum Gasteiger partial charge on any atom is -0.375 e. The van der Waals surface area contributed by atoms with Gasteiger partial charge in [-0.2, -0.15) is 0 Å². The highest BCUT2D eigenvalue weighted by molar-refractivity contribution is 5.86. The third-order valence-corrected chi connectivity index (χ3v) is 3.13. The van der Waals surface area contributed by atoms with Gasteiger partial charge in [0, 0.05) is 6.54 Å². The van der Waals surface area contributed by atoms with E-state index in [-0.39, 0.29) is 18.1 Å². The van der Waals surface area contributed by atoms with Gasteiger partial charge in [-0.15, -0.1) is 0 Å². The van der Waals surface area contributed by atoms with Crippen LogP contribution in [0.3, 0.4) is 0 Å². The number of ether oxygens (including phenoxy) is 1. The minimum absolute atomic E-state index is 0.0528. The molecule has 1 rings (SSSR count). The summed E-state index contributed by atoms with van der Waals surface area (Å²) in [4.78, 5) is 14.2. The predicted octanol–water partition coefficient (Wildman–Crippen LogP) is 1.14. The smallest absolute Gasteiger partial charge is 0.242 e. The molecule has 4 heteroatoms. The normalized spacial score (nSPS) is 29.9. The van der Waals surface area contributed by atoms with Gasteiger partial charge < -0.3 is 15.4 Å². The molecule has 1 saturated heterocycles. The first-order valence-electron chi connectivity index (χ1n) is 6.10. The monoisotopic (exact) mass is 228 g/mol. The van der Waals surface area contributed by atoms with E-state index in [4.69, 9.17) is 10.5 Å².